The predicted octanol–water partition coefficient (Wildman–Crippen LogP) is 3.43. The molecular formula is C13H10ClFO3S. The zero-order valence-corrected chi connectivity index (χ0v) is 11.5. The highest BCUT2D eigenvalue weighted by atomic mass is 35.7. The number of benzene rings is 2. The van der Waals surface area contributed by atoms with Gasteiger partial charge in [0.15, 0.2) is 0 Å². The van der Waals surface area contributed by atoms with E-state index in [4.69, 9.17) is 15.4 Å². The fraction of sp³-hybridized carbons (Fsp3) is 0.0769. The molecule has 0 radical (unpaired) electrons. The van der Waals surface area contributed by atoms with Crippen LogP contribution in [0.25, 0.3) is 11.1 Å². The largest absolute Gasteiger partial charge is 0.495 e. The van der Waals surface area contributed by atoms with E-state index >= 15 is 0 Å². The first-order valence-electron chi connectivity index (χ1n) is 5.30. The molecule has 0 aliphatic rings. The molecule has 3 nitrogen and oxygen atoms in total. The maximum atomic E-state index is 13.2. The lowest BCUT2D eigenvalue weighted by atomic mass is 10.1. The Bertz CT molecular complexity index is 714. The van der Waals surface area contributed by atoms with Crippen molar-refractivity contribution in [3.05, 3.63) is 48.3 Å². The third-order valence-corrected chi connectivity index (χ3v) is 3.93. The van der Waals surface area contributed by atoms with Gasteiger partial charge in [-0.2, -0.15) is 0 Å². The molecule has 0 atom stereocenters. The summed E-state index contributed by atoms with van der Waals surface area (Å²) in [6, 6.07) is 10.3. The van der Waals surface area contributed by atoms with Crippen molar-refractivity contribution in [1.82, 2.24) is 0 Å². The van der Waals surface area contributed by atoms with Crippen LogP contribution in [-0.2, 0) is 9.05 Å². The first-order valence-corrected chi connectivity index (χ1v) is 7.61. The van der Waals surface area contributed by atoms with Gasteiger partial charge in [-0.05, 0) is 35.4 Å². The molecule has 0 aromatic heterocycles. The molecule has 0 heterocycles. The molecule has 2 rings (SSSR count). The van der Waals surface area contributed by atoms with Crippen LogP contribution < -0.4 is 4.74 Å². The summed E-state index contributed by atoms with van der Waals surface area (Å²) in [4.78, 5) is -0.140. The molecule has 6 heteroatoms. The second-order valence-corrected chi connectivity index (χ2v) is 6.35. The second-order valence-electron chi connectivity index (χ2n) is 3.81. The third kappa shape index (κ3) is 3.05. The molecule has 0 bridgehead atoms. The van der Waals surface area contributed by atoms with Crippen LogP contribution in [0.2, 0.25) is 0 Å². The van der Waals surface area contributed by atoms with Gasteiger partial charge in [-0.15, -0.1) is 0 Å². The summed E-state index contributed by atoms with van der Waals surface area (Å²) in [5.74, 6) is -0.251. The van der Waals surface area contributed by atoms with Gasteiger partial charge in [0.25, 0.3) is 9.05 Å². The molecule has 100 valence electrons. The highest BCUT2D eigenvalue weighted by Gasteiger charge is 2.17. The Kier molecular flexibility index (Phi) is 3.78. The Balaban J connectivity index is 2.62. The maximum Gasteiger partial charge on any atom is 0.265 e. The summed E-state index contributed by atoms with van der Waals surface area (Å²) in [6.07, 6.45) is 0. The first kappa shape index (κ1) is 13.8. The van der Waals surface area contributed by atoms with E-state index in [1.165, 1.54) is 31.4 Å². The van der Waals surface area contributed by atoms with Gasteiger partial charge in [0.05, 0.1) is 7.11 Å². The van der Waals surface area contributed by atoms with Crippen LogP contribution in [0.5, 0.6) is 5.75 Å². The normalized spacial score (nSPS) is 11.3. The van der Waals surface area contributed by atoms with Gasteiger partial charge in [-0.1, -0.05) is 18.2 Å². The molecule has 0 saturated carbocycles. The van der Waals surface area contributed by atoms with Crippen molar-refractivity contribution in [2.75, 3.05) is 7.11 Å². The Morgan fingerprint density at radius 1 is 1.11 bits per heavy atom. The summed E-state index contributed by atoms with van der Waals surface area (Å²) < 4.78 is 41.1. The molecule has 2 aromatic carbocycles. The topological polar surface area (TPSA) is 43.4 Å². The highest BCUT2D eigenvalue weighted by Crippen LogP contribution is 2.32. The van der Waals surface area contributed by atoms with Gasteiger partial charge in [-0.3, -0.25) is 0 Å². The van der Waals surface area contributed by atoms with Crippen molar-refractivity contribution in [1.29, 1.82) is 0 Å². The Labute approximate surface area is 115 Å². The van der Waals surface area contributed by atoms with E-state index in [1.54, 1.807) is 18.2 Å². The average Bonchev–Trinajstić information content (AvgIpc) is 2.37. The summed E-state index contributed by atoms with van der Waals surface area (Å²) in [6.45, 7) is 0. The molecule has 0 aliphatic carbocycles. The first-order chi connectivity index (χ1) is 8.91. The van der Waals surface area contributed by atoms with Crippen LogP contribution in [0.1, 0.15) is 0 Å². The number of hydrogen-bond acceptors (Lipinski definition) is 3. The summed E-state index contributed by atoms with van der Waals surface area (Å²) in [5.41, 5.74) is 1.10. The molecule has 0 fully saturated rings. The summed E-state index contributed by atoms with van der Waals surface area (Å²) in [7, 11) is 2.77. The van der Waals surface area contributed by atoms with E-state index in [0.29, 0.717) is 11.1 Å². The van der Waals surface area contributed by atoms with Crippen LogP contribution in [0.3, 0.4) is 0 Å². The quantitative estimate of drug-likeness (QED) is 0.816. The Morgan fingerprint density at radius 2 is 1.79 bits per heavy atom. The molecule has 0 saturated heterocycles. The van der Waals surface area contributed by atoms with Gasteiger partial charge in [0.2, 0.25) is 0 Å². The SMILES string of the molecule is COc1ccc(-c2cccc(F)c2)cc1S(=O)(=O)Cl. The number of methoxy groups -OCH3 is 1. The number of rotatable bonds is 3. The van der Waals surface area contributed by atoms with Gasteiger partial charge in [-0.25, -0.2) is 12.8 Å². The van der Waals surface area contributed by atoms with Crippen molar-refractivity contribution in [3.8, 4) is 16.9 Å². The van der Waals surface area contributed by atoms with Crippen molar-refractivity contribution in [3.63, 3.8) is 0 Å². The van der Waals surface area contributed by atoms with Gasteiger partial charge in [0.1, 0.15) is 16.5 Å². The van der Waals surface area contributed by atoms with Crippen molar-refractivity contribution >= 4 is 19.7 Å². The van der Waals surface area contributed by atoms with Crippen LogP contribution in [0.15, 0.2) is 47.4 Å². The lowest BCUT2D eigenvalue weighted by Crippen LogP contribution is -1.96. The third-order valence-electron chi connectivity index (χ3n) is 2.58. The maximum absolute atomic E-state index is 13.2. The van der Waals surface area contributed by atoms with E-state index in [2.05, 4.69) is 0 Å². The molecule has 0 spiro atoms. The van der Waals surface area contributed by atoms with E-state index in [1.807, 2.05) is 0 Å². The van der Waals surface area contributed by atoms with E-state index in [0.717, 1.165) is 0 Å². The monoisotopic (exact) mass is 300 g/mol. The summed E-state index contributed by atoms with van der Waals surface area (Å²) in [5, 5.41) is 0. The number of halogens is 2. The molecule has 0 aliphatic heterocycles. The predicted molar refractivity (Wildman–Crippen MR) is 71.4 cm³/mol. The molecule has 0 amide bonds. The van der Waals surface area contributed by atoms with Crippen LogP contribution in [-0.4, -0.2) is 15.5 Å². The van der Waals surface area contributed by atoms with Gasteiger partial charge < -0.3 is 4.74 Å². The van der Waals surface area contributed by atoms with Crippen LogP contribution in [0, 0.1) is 5.82 Å². The lowest BCUT2D eigenvalue weighted by molar-refractivity contribution is 0.403. The molecular weight excluding hydrogens is 291 g/mol. The fourth-order valence-corrected chi connectivity index (χ4v) is 2.74. The van der Waals surface area contributed by atoms with Crippen LogP contribution in [0.4, 0.5) is 4.39 Å². The Morgan fingerprint density at radius 3 is 2.37 bits per heavy atom. The lowest BCUT2D eigenvalue weighted by Gasteiger charge is -2.08. The van der Waals surface area contributed by atoms with E-state index in [9.17, 15) is 12.8 Å². The summed E-state index contributed by atoms with van der Waals surface area (Å²) >= 11 is 0. The highest BCUT2D eigenvalue weighted by molar-refractivity contribution is 8.13. The van der Waals surface area contributed by atoms with Gasteiger partial charge >= 0.3 is 0 Å². The standard InChI is InChI=1S/C13H10ClFO3S/c1-18-12-6-5-10(8-13(12)19(14,16)17)9-3-2-4-11(15)7-9/h2-8H,1H3. The minimum Gasteiger partial charge on any atom is -0.495 e. The minimum absolute atomic E-state index is 0.140. The average molecular weight is 301 g/mol. The van der Waals surface area contributed by atoms with E-state index in [-0.39, 0.29) is 10.6 Å². The molecule has 2 aromatic rings. The number of ether oxygens (including phenoxy) is 1. The fourth-order valence-electron chi connectivity index (χ4n) is 1.71. The van der Waals surface area contributed by atoms with E-state index < -0.39 is 14.9 Å². The minimum atomic E-state index is -3.93. The second kappa shape index (κ2) is 5.19. The molecule has 19 heavy (non-hydrogen) atoms. The smallest absolute Gasteiger partial charge is 0.265 e. The van der Waals surface area contributed by atoms with Crippen molar-refractivity contribution in [2.24, 2.45) is 0 Å². The zero-order valence-electron chi connectivity index (χ0n) is 9.93. The van der Waals surface area contributed by atoms with Crippen molar-refractivity contribution in [2.45, 2.75) is 4.90 Å². The van der Waals surface area contributed by atoms with Crippen molar-refractivity contribution < 1.29 is 17.5 Å². The Hall–Kier alpha value is -1.59. The zero-order chi connectivity index (χ0) is 14.0. The molecule has 0 N–H and O–H groups in total. The van der Waals surface area contributed by atoms with Gasteiger partial charge in [0, 0.05) is 10.7 Å². The van der Waals surface area contributed by atoms with Crippen LogP contribution >= 0.6 is 10.7 Å². The number of hydrogen-bond donors (Lipinski definition) is 0. The molecule has 0 unspecified atom stereocenters.